The van der Waals surface area contributed by atoms with Crippen molar-refractivity contribution in [2.45, 2.75) is 19.1 Å². The van der Waals surface area contributed by atoms with Gasteiger partial charge in [0.05, 0.1) is 6.04 Å². The number of aliphatic hydroxyl groups is 2. The Hall–Kier alpha value is -0.550. The van der Waals surface area contributed by atoms with Crippen LogP contribution in [0.4, 0.5) is 0 Å². The van der Waals surface area contributed by atoms with Gasteiger partial charge in [-0.15, -0.1) is 12.4 Å². The van der Waals surface area contributed by atoms with Crippen LogP contribution >= 0.6 is 12.4 Å². The SMILES string of the molecule is Cl.N[C@H](CCO)c1ccc(CO)o1. The Labute approximate surface area is 82.8 Å². The van der Waals surface area contributed by atoms with E-state index >= 15 is 0 Å². The van der Waals surface area contributed by atoms with Gasteiger partial charge in [0.25, 0.3) is 0 Å². The molecule has 1 rings (SSSR count). The average Bonchev–Trinajstić information content (AvgIpc) is 2.52. The summed E-state index contributed by atoms with van der Waals surface area (Å²) in [5, 5.41) is 17.3. The zero-order valence-corrected chi connectivity index (χ0v) is 7.96. The maximum Gasteiger partial charge on any atom is 0.129 e. The van der Waals surface area contributed by atoms with Crippen molar-refractivity contribution in [3.8, 4) is 0 Å². The van der Waals surface area contributed by atoms with Gasteiger partial charge < -0.3 is 20.4 Å². The van der Waals surface area contributed by atoms with Gasteiger partial charge in [-0.1, -0.05) is 0 Å². The van der Waals surface area contributed by atoms with Crippen LogP contribution in [0.15, 0.2) is 16.5 Å². The van der Waals surface area contributed by atoms with Crippen LogP contribution in [-0.4, -0.2) is 16.8 Å². The summed E-state index contributed by atoms with van der Waals surface area (Å²) in [4.78, 5) is 0. The van der Waals surface area contributed by atoms with Crippen molar-refractivity contribution in [3.63, 3.8) is 0 Å². The fourth-order valence-corrected chi connectivity index (χ4v) is 0.960. The molecule has 13 heavy (non-hydrogen) atoms. The van der Waals surface area contributed by atoms with Gasteiger partial charge in [0, 0.05) is 6.61 Å². The molecular formula is C8H14ClNO3. The highest BCUT2D eigenvalue weighted by Gasteiger charge is 2.09. The molecule has 4 nitrogen and oxygen atoms in total. The largest absolute Gasteiger partial charge is 0.462 e. The van der Waals surface area contributed by atoms with Gasteiger partial charge in [-0.05, 0) is 18.6 Å². The molecule has 0 unspecified atom stereocenters. The maximum atomic E-state index is 8.68. The molecule has 0 fully saturated rings. The third kappa shape index (κ3) is 3.36. The zero-order valence-electron chi connectivity index (χ0n) is 7.14. The van der Waals surface area contributed by atoms with Crippen molar-refractivity contribution in [2.75, 3.05) is 6.61 Å². The highest BCUT2D eigenvalue weighted by Crippen LogP contribution is 2.16. The fourth-order valence-electron chi connectivity index (χ4n) is 0.960. The molecular weight excluding hydrogens is 194 g/mol. The van der Waals surface area contributed by atoms with E-state index in [1.165, 1.54) is 0 Å². The van der Waals surface area contributed by atoms with Crippen molar-refractivity contribution in [3.05, 3.63) is 23.7 Å². The molecule has 1 atom stereocenters. The van der Waals surface area contributed by atoms with Gasteiger partial charge in [-0.25, -0.2) is 0 Å². The molecule has 0 saturated heterocycles. The number of rotatable bonds is 4. The third-order valence-electron chi connectivity index (χ3n) is 1.64. The first kappa shape index (κ1) is 12.4. The van der Waals surface area contributed by atoms with Gasteiger partial charge in [0.2, 0.25) is 0 Å². The second kappa shape index (κ2) is 5.99. The smallest absolute Gasteiger partial charge is 0.129 e. The van der Waals surface area contributed by atoms with Crippen LogP contribution in [0.5, 0.6) is 0 Å². The van der Waals surface area contributed by atoms with Crippen LogP contribution in [0.3, 0.4) is 0 Å². The molecule has 0 bridgehead atoms. The van der Waals surface area contributed by atoms with Crippen molar-refractivity contribution in [1.82, 2.24) is 0 Å². The first-order valence-electron chi connectivity index (χ1n) is 3.84. The molecule has 0 radical (unpaired) electrons. The number of nitrogens with two attached hydrogens (primary N) is 1. The van der Waals surface area contributed by atoms with Crippen LogP contribution in [0.1, 0.15) is 24.0 Å². The number of hydrogen-bond acceptors (Lipinski definition) is 4. The molecule has 0 amide bonds. The van der Waals surface area contributed by atoms with Gasteiger partial charge in [-0.3, -0.25) is 0 Å². The van der Waals surface area contributed by atoms with Crippen LogP contribution in [0.2, 0.25) is 0 Å². The lowest BCUT2D eigenvalue weighted by Gasteiger charge is -2.04. The minimum atomic E-state index is -0.282. The van der Waals surface area contributed by atoms with E-state index in [9.17, 15) is 0 Å². The topological polar surface area (TPSA) is 79.6 Å². The first-order valence-corrected chi connectivity index (χ1v) is 3.84. The van der Waals surface area contributed by atoms with E-state index in [1.807, 2.05) is 0 Å². The van der Waals surface area contributed by atoms with E-state index in [-0.39, 0.29) is 31.7 Å². The van der Waals surface area contributed by atoms with Gasteiger partial charge in [0.15, 0.2) is 0 Å². The summed E-state index contributed by atoms with van der Waals surface area (Å²) in [6.45, 7) is -0.0812. The average molecular weight is 208 g/mol. The summed E-state index contributed by atoms with van der Waals surface area (Å²) in [6, 6.07) is 3.11. The molecule has 76 valence electrons. The monoisotopic (exact) mass is 207 g/mol. The fraction of sp³-hybridized carbons (Fsp3) is 0.500. The van der Waals surface area contributed by atoms with Crippen LogP contribution in [0.25, 0.3) is 0 Å². The minimum absolute atomic E-state index is 0. The lowest BCUT2D eigenvalue weighted by molar-refractivity contribution is 0.235. The predicted molar refractivity (Wildman–Crippen MR) is 50.5 cm³/mol. The van der Waals surface area contributed by atoms with Gasteiger partial charge in [0.1, 0.15) is 18.1 Å². The van der Waals surface area contributed by atoms with Crippen molar-refractivity contribution >= 4 is 12.4 Å². The second-order valence-electron chi connectivity index (χ2n) is 2.58. The highest BCUT2D eigenvalue weighted by atomic mass is 35.5. The minimum Gasteiger partial charge on any atom is -0.462 e. The summed E-state index contributed by atoms with van der Waals surface area (Å²) in [7, 11) is 0. The van der Waals surface area contributed by atoms with E-state index in [1.54, 1.807) is 12.1 Å². The molecule has 0 spiro atoms. The van der Waals surface area contributed by atoms with Crippen LogP contribution in [-0.2, 0) is 6.61 Å². The third-order valence-corrected chi connectivity index (χ3v) is 1.64. The molecule has 0 aliphatic heterocycles. The summed E-state index contributed by atoms with van der Waals surface area (Å²) in [5.41, 5.74) is 5.64. The van der Waals surface area contributed by atoms with Gasteiger partial charge in [-0.2, -0.15) is 0 Å². The normalized spacial score (nSPS) is 12.2. The Balaban J connectivity index is 0.00000144. The Bertz CT molecular complexity index is 239. The molecule has 0 saturated carbocycles. The van der Waals surface area contributed by atoms with Gasteiger partial charge >= 0.3 is 0 Å². The van der Waals surface area contributed by atoms with Crippen LogP contribution < -0.4 is 5.73 Å². The Morgan fingerprint density at radius 3 is 2.54 bits per heavy atom. The molecule has 5 heteroatoms. The number of hydrogen-bond donors (Lipinski definition) is 3. The van der Waals surface area contributed by atoms with Crippen molar-refractivity contribution in [2.24, 2.45) is 5.73 Å². The highest BCUT2D eigenvalue weighted by molar-refractivity contribution is 5.85. The lowest BCUT2D eigenvalue weighted by atomic mass is 10.2. The summed E-state index contributed by atoms with van der Waals surface area (Å²) >= 11 is 0. The molecule has 1 aromatic rings. The second-order valence-corrected chi connectivity index (χ2v) is 2.58. The number of furan rings is 1. The standard InChI is InChI=1S/C8H13NO3.ClH/c9-7(3-4-10)8-2-1-6(5-11)12-8;/h1-2,7,10-11H,3-5,9H2;1H/t7-;/m1./s1. The Morgan fingerprint density at radius 1 is 1.38 bits per heavy atom. The Morgan fingerprint density at radius 2 is 2.08 bits per heavy atom. The lowest BCUT2D eigenvalue weighted by Crippen LogP contribution is -2.10. The molecule has 1 heterocycles. The molecule has 0 aromatic carbocycles. The van der Waals surface area contributed by atoms with E-state index in [0.717, 1.165) is 0 Å². The van der Waals surface area contributed by atoms with E-state index in [2.05, 4.69) is 0 Å². The van der Waals surface area contributed by atoms with E-state index in [4.69, 9.17) is 20.4 Å². The summed E-state index contributed by atoms with van der Waals surface area (Å²) < 4.78 is 5.16. The number of halogens is 1. The van der Waals surface area contributed by atoms with Crippen molar-refractivity contribution in [1.29, 1.82) is 0 Å². The van der Waals surface area contributed by atoms with E-state index < -0.39 is 0 Å². The molecule has 0 aliphatic rings. The molecule has 4 N–H and O–H groups in total. The van der Waals surface area contributed by atoms with E-state index in [0.29, 0.717) is 17.9 Å². The summed E-state index contributed by atoms with van der Waals surface area (Å²) in [5.74, 6) is 1.10. The Kier molecular flexibility index (Phi) is 5.73. The van der Waals surface area contributed by atoms with Crippen molar-refractivity contribution < 1.29 is 14.6 Å². The quantitative estimate of drug-likeness (QED) is 0.675. The maximum absolute atomic E-state index is 8.68. The predicted octanol–water partition coefficient (Wildman–Crippen LogP) is 0.576. The summed E-state index contributed by atoms with van der Waals surface area (Å²) in [6.07, 6.45) is 0.471. The van der Waals surface area contributed by atoms with Crippen LogP contribution in [0, 0.1) is 0 Å². The molecule has 1 aromatic heterocycles. The number of aliphatic hydroxyl groups excluding tert-OH is 2. The molecule has 0 aliphatic carbocycles. The zero-order chi connectivity index (χ0) is 8.97. The first-order chi connectivity index (χ1) is 5.77.